The minimum Gasteiger partial charge on any atom is -0.452 e. The van der Waals surface area contributed by atoms with E-state index in [-0.39, 0.29) is 38.6 Å². The fraction of sp³-hybridized carbons (Fsp3) is 0.0588. The second-order valence-corrected chi connectivity index (χ2v) is 5.47. The molecule has 0 saturated carbocycles. The first-order valence-electron chi connectivity index (χ1n) is 6.88. The van der Waals surface area contributed by atoms with Gasteiger partial charge in [0.1, 0.15) is 0 Å². The number of amides is 1. The first-order valence-corrected chi connectivity index (χ1v) is 7.26. The van der Waals surface area contributed by atoms with Gasteiger partial charge in [0.25, 0.3) is 5.91 Å². The first-order chi connectivity index (χ1) is 11.4. The fourth-order valence-electron chi connectivity index (χ4n) is 2.52. The smallest absolute Gasteiger partial charge is 0.340 e. The molecule has 2 aromatic carbocycles. The number of primary amides is 1. The molecule has 1 amide bonds. The van der Waals surface area contributed by atoms with Gasteiger partial charge in [-0.2, -0.15) is 0 Å². The zero-order valence-electron chi connectivity index (χ0n) is 12.2. The van der Waals surface area contributed by atoms with Crippen molar-refractivity contribution in [3.8, 4) is 0 Å². The van der Waals surface area contributed by atoms with Gasteiger partial charge in [-0.05, 0) is 12.1 Å². The maximum Gasteiger partial charge on any atom is 0.340 e. The fourth-order valence-corrected chi connectivity index (χ4v) is 2.85. The van der Waals surface area contributed by atoms with Gasteiger partial charge in [-0.3, -0.25) is 14.4 Å². The van der Waals surface area contributed by atoms with Gasteiger partial charge in [-0.25, -0.2) is 4.79 Å². The van der Waals surface area contributed by atoms with Crippen LogP contribution in [0.25, 0.3) is 0 Å². The number of benzene rings is 2. The number of hydrogen-bond acceptors (Lipinski definition) is 5. The number of halogens is 1. The van der Waals surface area contributed by atoms with E-state index in [2.05, 4.69) is 0 Å². The van der Waals surface area contributed by atoms with E-state index in [9.17, 15) is 19.2 Å². The minimum absolute atomic E-state index is 0.0473. The van der Waals surface area contributed by atoms with Crippen molar-refractivity contribution in [3.63, 3.8) is 0 Å². The zero-order chi connectivity index (χ0) is 17.4. The van der Waals surface area contributed by atoms with Crippen LogP contribution in [-0.2, 0) is 9.53 Å². The molecular formula is C17H10ClNO5. The lowest BCUT2D eigenvalue weighted by atomic mass is 9.83. The Hall–Kier alpha value is -2.99. The van der Waals surface area contributed by atoms with Gasteiger partial charge >= 0.3 is 5.97 Å². The van der Waals surface area contributed by atoms with Gasteiger partial charge in [0.15, 0.2) is 18.2 Å². The Balaban J connectivity index is 2.09. The number of rotatable bonds is 3. The number of fused-ring (bicyclic) bond motifs is 2. The highest BCUT2D eigenvalue weighted by molar-refractivity contribution is 6.41. The summed E-state index contributed by atoms with van der Waals surface area (Å²) >= 11 is 6.17. The lowest BCUT2D eigenvalue weighted by molar-refractivity contribution is -0.121. The molecule has 1 aliphatic rings. The number of esters is 1. The van der Waals surface area contributed by atoms with Crippen LogP contribution in [0.5, 0.6) is 0 Å². The van der Waals surface area contributed by atoms with Gasteiger partial charge in [0, 0.05) is 16.7 Å². The molecule has 120 valence electrons. The SMILES string of the molecule is NC(=O)COC(=O)c1ccc2c(c1Cl)C(=O)c1ccccc1C2=O. The van der Waals surface area contributed by atoms with E-state index >= 15 is 0 Å². The van der Waals surface area contributed by atoms with Crippen molar-refractivity contribution in [1.82, 2.24) is 0 Å². The number of ether oxygens (including phenoxy) is 1. The molecule has 0 aliphatic heterocycles. The molecule has 7 heteroatoms. The summed E-state index contributed by atoms with van der Waals surface area (Å²) in [4.78, 5) is 47.8. The molecule has 0 unspecified atom stereocenters. The summed E-state index contributed by atoms with van der Waals surface area (Å²) in [5.74, 6) is -2.52. The predicted octanol–water partition coefficient (Wildman–Crippen LogP) is 1.76. The minimum atomic E-state index is -0.902. The molecule has 0 aromatic heterocycles. The largest absolute Gasteiger partial charge is 0.452 e. The summed E-state index contributed by atoms with van der Waals surface area (Å²) in [5, 5.41) is -0.185. The lowest BCUT2D eigenvalue weighted by Crippen LogP contribution is -2.24. The van der Waals surface area contributed by atoms with Crippen LogP contribution in [0.1, 0.15) is 42.2 Å². The van der Waals surface area contributed by atoms with Crippen LogP contribution in [0.15, 0.2) is 36.4 Å². The summed E-state index contributed by atoms with van der Waals surface area (Å²) in [6.45, 7) is -0.609. The van der Waals surface area contributed by atoms with E-state index in [1.807, 2.05) is 0 Å². The highest BCUT2D eigenvalue weighted by Gasteiger charge is 2.33. The summed E-state index contributed by atoms with van der Waals surface area (Å²) in [7, 11) is 0. The van der Waals surface area contributed by atoms with E-state index in [1.54, 1.807) is 18.2 Å². The van der Waals surface area contributed by atoms with Crippen molar-refractivity contribution in [2.24, 2.45) is 5.73 Å². The van der Waals surface area contributed by atoms with Gasteiger partial charge in [0.2, 0.25) is 0 Å². The average Bonchev–Trinajstić information content (AvgIpc) is 2.57. The Bertz CT molecular complexity index is 919. The Kier molecular flexibility index (Phi) is 3.91. The quantitative estimate of drug-likeness (QED) is 0.730. The van der Waals surface area contributed by atoms with E-state index < -0.39 is 24.3 Å². The Morgan fingerprint density at radius 1 is 0.958 bits per heavy atom. The van der Waals surface area contributed by atoms with Crippen LogP contribution in [0.2, 0.25) is 5.02 Å². The molecule has 0 fully saturated rings. The molecule has 0 bridgehead atoms. The van der Waals surface area contributed by atoms with Gasteiger partial charge in [-0.1, -0.05) is 35.9 Å². The standard InChI is InChI=1S/C17H10ClNO5/c18-14-11(17(23)24-7-12(19)20)6-5-10-13(14)16(22)9-4-2-1-3-8(9)15(10)21/h1-6H,7H2,(H2,19,20). The van der Waals surface area contributed by atoms with Crippen molar-refractivity contribution >= 4 is 35.0 Å². The molecule has 1 aliphatic carbocycles. The first kappa shape index (κ1) is 15.9. The third-order valence-corrected chi connectivity index (χ3v) is 3.99. The number of ketones is 2. The maximum atomic E-state index is 12.7. The third kappa shape index (κ3) is 2.47. The van der Waals surface area contributed by atoms with Gasteiger partial charge < -0.3 is 10.5 Å². The second kappa shape index (κ2) is 5.90. The number of carbonyl (C=O) groups is 4. The van der Waals surface area contributed by atoms with Crippen molar-refractivity contribution in [3.05, 3.63) is 69.2 Å². The summed E-state index contributed by atoms with van der Waals surface area (Å²) in [6.07, 6.45) is 0. The van der Waals surface area contributed by atoms with Crippen LogP contribution in [-0.4, -0.2) is 30.0 Å². The zero-order valence-corrected chi connectivity index (χ0v) is 12.9. The number of nitrogens with two attached hydrogens (primary N) is 1. The molecule has 0 saturated heterocycles. The van der Waals surface area contributed by atoms with Crippen molar-refractivity contribution in [1.29, 1.82) is 0 Å². The van der Waals surface area contributed by atoms with Crippen LogP contribution in [0.3, 0.4) is 0 Å². The molecule has 0 heterocycles. The molecule has 2 N–H and O–H groups in total. The third-order valence-electron chi connectivity index (χ3n) is 3.60. The van der Waals surface area contributed by atoms with Crippen LogP contribution in [0, 0.1) is 0 Å². The number of carbonyl (C=O) groups excluding carboxylic acids is 4. The number of hydrogen-bond donors (Lipinski definition) is 1. The average molecular weight is 344 g/mol. The van der Waals surface area contributed by atoms with E-state index in [0.29, 0.717) is 0 Å². The van der Waals surface area contributed by atoms with E-state index in [1.165, 1.54) is 18.2 Å². The molecule has 0 radical (unpaired) electrons. The molecular weight excluding hydrogens is 334 g/mol. The van der Waals surface area contributed by atoms with Crippen molar-refractivity contribution < 1.29 is 23.9 Å². The van der Waals surface area contributed by atoms with Crippen molar-refractivity contribution in [2.75, 3.05) is 6.61 Å². The lowest BCUT2D eigenvalue weighted by Gasteiger charge is -2.19. The Morgan fingerprint density at radius 3 is 2.21 bits per heavy atom. The normalized spacial score (nSPS) is 12.4. The molecule has 6 nitrogen and oxygen atoms in total. The van der Waals surface area contributed by atoms with Crippen molar-refractivity contribution in [2.45, 2.75) is 0 Å². The molecule has 2 aromatic rings. The molecule has 3 rings (SSSR count). The Morgan fingerprint density at radius 2 is 1.58 bits per heavy atom. The van der Waals surface area contributed by atoms with E-state index in [0.717, 1.165) is 0 Å². The maximum absolute atomic E-state index is 12.7. The van der Waals surface area contributed by atoms with Gasteiger partial charge in [0.05, 0.1) is 16.1 Å². The molecule has 0 spiro atoms. The Labute approximate surface area is 141 Å². The monoisotopic (exact) mass is 343 g/mol. The van der Waals surface area contributed by atoms with Crippen LogP contribution in [0.4, 0.5) is 0 Å². The summed E-state index contributed by atoms with van der Waals surface area (Å²) in [5.41, 5.74) is 5.38. The predicted molar refractivity (Wildman–Crippen MR) is 84.2 cm³/mol. The van der Waals surface area contributed by atoms with Crippen LogP contribution >= 0.6 is 11.6 Å². The highest BCUT2D eigenvalue weighted by Crippen LogP contribution is 2.34. The molecule has 0 atom stereocenters. The van der Waals surface area contributed by atoms with E-state index in [4.69, 9.17) is 22.1 Å². The van der Waals surface area contributed by atoms with Crippen LogP contribution < -0.4 is 5.73 Å². The molecule has 24 heavy (non-hydrogen) atoms. The topological polar surface area (TPSA) is 104 Å². The summed E-state index contributed by atoms with van der Waals surface area (Å²) in [6, 6.07) is 9.00. The summed E-state index contributed by atoms with van der Waals surface area (Å²) < 4.78 is 4.70. The highest BCUT2D eigenvalue weighted by atomic mass is 35.5. The van der Waals surface area contributed by atoms with Gasteiger partial charge in [-0.15, -0.1) is 0 Å². The second-order valence-electron chi connectivity index (χ2n) is 5.10.